The van der Waals surface area contributed by atoms with Crippen molar-refractivity contribution in [2.45, 2.75) is 32.9 Å². The molecule has 0 aliphatic carbocycles. The van der Waals surface area contributed by atoms with Crippen LogP contribution in [0, 0.1) is 6.92 Å². The number of thiazole rings is 1. The molecule has 2 rings (SSSR count). The summed E-state index contributed by atoms with van der Waals surface area (Å²) >= 11 is 5.28. The van der Waals surface area contributed by atoms with E-state index < -0.39 is 0 Å². The Morgan fingerprint density at radius 1 is 1.44 bits per heavy atom. The highest BCUT2D eigenvalue weighted by Gasteiger charge is 2.09. The van der Waals surface area contributed by atoms with Gasteiger partial charge in [0.2, 0.25) is 0 Å². The van der Waals surface area contributed by atoms with Crippen LogP contribution in [-0.2, 0) is 6.54 Å². The molecule has 0 bridgehead atoms. The van der Waals surface area contributed by atoms with E-state index in [1.54, 1.807) is 11.3 Å². The monoisotopic (exact) mass is 324 g/mol. The molecule has 2 aromatic rings. The second kappa shape index (κ2) is 6.45. The summed E-state index contributed by atoms with van der Waals surface area (Å²) in [6.07, 6.45) is 3.04. The molecule has 1 aromatic heterocycles. The highest BCUT2D eigenvalue weighted by atomic mass is 79.9. The summed E-state index contributed by atoms with van der Waals surface area (Å²) in [4.78, 5) is 5.57. The van der Waals surface area contributed by atoms with Gasteiger partial charge in [-0.2, -0.15) is 0 Å². The Morgan fingerprint density at radius 3 is 2.89 bits per heavy atom. The van der Waals surface area contributed by atoms with Crippen LogP contribution in [0.4, 0.5) is 0 Å². The van der Waals surface area contributed by atoms with Gasteiger partial charge in [-0.3, -0.25) is 0 Å². The molecule has 0 radical (unpaired) electrons. The molecule has 0 spiro atoms. The van der Waals surface area contributed by atoms with Gasteiger partial charge in [0.1, 0.15) is 0 Å². The summed E-state index contributed by atoms with van der Waals surface area (Å²) in [6.45, 7) is 5.13. The number of nitrogens with one attached hydrogen (secondary N) is 1. The lowest BCUT2D eigenvalue weighted by atomic mass is 10.0. The van der Waals surface area contributed by atoms with E-state index >= 15 is 0 Å². The van der Waals surface area contributed by atoms with E-state index in [1.165, 1.54) is 10.4 Å². The molecule has 0 aliphatic rings. The molecule has 0 saturated heterocycles. The molecule has 0 aliphatic heterocycles. The lowest BCUT2D eigenvalue weighted by Crippen LogP contribution is -2.19. The summed E-state index contributed by atoms with van der Waals surface area (Å²) in [6, 6.07) is 8.89. The summed E-state index contributed by atoms with van der Waals surface area (Å²) in [5, 5.41) is 4.72. The maximum Gasteiger partial charge on any atom is 0.0897 e. The van der Waals surface area contributed by atoms with Gasteiger partial charge in [0.25, 0.3) is 0 Å². The minimum atomic E-state index is 0.393. The molecule has 96 valence electrons. The number of hydrogen-bond acceptors (Lipinski definition) is 3. The maximum atomic E-state index is 4.28. The largest absolute Gasteiger partial charge is 0.305 e. The Balaban J connectivity index is 2.01. The normalized spacial score (nSPS) is 12.6. The highest BCUT2D eigenvalue weighted by Crippen LogP contribution is 2.21. The predicted octanol–water partition coefficient (Wildman–Crippen LogP) is 4.45. The van der Waals surface area contributed by atoms with Gasteiger partial charge in [0.15, 0.2) is 0 Å². The zero-order chi connectivity index (χ0) is 13.0. The third-order valence-corrected chi connectivity index (χ3v) is 4.26. The molecule has 0 saturated carbocycles. The number of hydrogen-bond donors (Lipinski definition) is 1. The van der Waals surface area contributed by atoms with Gasteiger partial charge in [0.05, 0.1) is 5.01 Å². The number of rotatable bonds is 5. The quantitative estimate of drug-likeness (QED) is 0.878. The molecule has 2 nitrogen and oxygen atoms in total. The average molecular weight is 325 g/mol. The summed E-state index contributed by atoms with van der Waals surface area (Å²) in [5.74, 6) is 0. The molecule has 18 heavy (non-hydrogen) atoms. The van der Waals surface area contributed by atoms with Crippen LogP contribution in [0.5, 0.6) is 0 Å². The average Bonchev–Trinajstić information content (AvgIpc) is 2.76. The van der Waals surface area contributed by atoms with Crippen molar-refractivity contribution in [2.75, 3.05) is 0 Å². The molecule has 0 fully saturated rings. The molecule has 1 aromatic carbocycles. The van der Waals surface area contributed by atoms with Gasteiger partial charge in [-0.1, -0.05) is 35.0 Å². The Labute approximate surface area is 121 Å². The topological polar surface area (TPSA) is 24.9 Å². The van der Waals surface area contributed by atoms with Gasteiger partial charge < -0.3 is 5.32 Å². The van der Waals surface area contributed by atoms with Gasteiger partial charge >= 0.3 is 0 Å². The first kappa shape index (κ1) is 13.7. The van der Waals surface area contributed by atoms with Crippen molar-refractivity contribution in [3.63, 3.8) is 0 Å². The minimum Gasteiger partial charge on any atom is -0.305 e. The van der Waals surface area contributed by atoms with Crippen LogP contribution in [0.1, 0.15) is 34.8 Å². The fourth-order valence-corrected chi connectivity index (χ4v) is 3.09. The lowest BCUT2D eigenvalue weighted by Gasteiger charge is -2.17. The molecule has 1 N–H and O–H groups in total. The molecule has 4 heteroatoms. The van der Waals surface area contributed by atoms with Crippen LogP contribution in [-0.4, -0.2) is 4.98 Å². The van der Waals surface area contributed by atoms with Crippen molar-refractivity contribution < 1.29 is 0 Å². The van der Waals surface area contributed by atoms with Crippen LogP contribution >= 0.6 is 27.3 Å². The van der Waals surface area contributed by atoms with Crippen LogP contribution in [0.3, 0.4) is 0 Å². The van der Waals surface area contributed by atoms with E-state index in [2.05, 4.69) is 57.4 Å². The SMILES string of the molecule is CCC(NCc1cnc(C)s1)c1cccc(Br)c1. The van der Waals surface area contributed by atoms with Gasteiger partial charge in [-0.15, -0.1) is 11.3 Å². The predicted molar refractivity (Wildman–Crippen MR) is 80.9 cm³/mol. The summed E-state index contributed by atoms with van der Waals surface area (Å²) in [7, 11) is 0. The number of nitrogens with zero attached hydrogens (tertiary/aromatic N) is 1. The maximum absolute atomic E-state index is 4.28. The second-order valence-electron chi connectivity index (χ2n) is 4.24. The van der Waals surface area contributed by atoms with Gasteiger partial charge in [-0.05, 0) is 31.0 Å². The lowest BCUT2D eigenvalue weighted by molar-refractivity contribution is 0.521. The van der Waals surface area contributed by atoms with Crippen LogP contribution in [0.25, 0.3) is 0 Å². The van der Waals surface area contributed by atoms with Gasteiger partial charge in [-0.25, -0.2) is 4.98 Å². The van der Waals surface area contributed by atoms with E-state index in [9.17, 15) is 0 Å². The van der Waals surface area contributed by atoms with Crippen molar-refractivity contribution in [3.8, 4) is 0 Å². The summed E-state index contributed by atoms with van der Waals surface area (Å²) in [5.41, 5.74) is 1.33. The Hall–Kier alpha value is -0.710. The minimum absolute atomic E-state index is 0.393. The first-order chi connectivity index (χ1) is 8.69. The molecule has 1 atom stereocenters. The van der Waals surface area contributed by atoms with Crippen LogP contribution in [0.2, 0.25) is 0 Å². The number of aryl methyl sites for hydroxylation is 1. The Kier molecular flexibility index (Phi) is 4.92. The van der Waals surface area contributed by atoms with E-state index in [-0.39, 0.29) is 0 Å². The molecule has 1 unspecified atom stereocenters. The zero-order valence-corrected chi connectivity index (χ0v) is 13.0. The Morgan fingerprint density at radius 2 is 2.28 bits per heavy atom. The zero-order valence-electron chi connectivity index (χ0n) is 10.6. The third-order valence-electron chi connectivity index (χ3n) is 2.85. The van der Waals surface area contributed by atoms with Crippen LogP contribution < -0.4 is 5.32 Å². The Bertz CT molecular complexity index is 510. The van der Waals surface area contributed by atoms with E-state index in [4.69, 9.17) is 0 Å². The van der Waals surface area contributed by atoms with E-state index in [0.717, 1.165) is 22.4 Å². The van der Waals surface area contributed by atoms with Gasteiger partial charge in [0, 0.05) is 28.1 Å². The number of benzene rings is 1. The summed E-state index contributed by atoms with van der Waals surface area (Å²) < 4.78 is 1.13. The molecule has 0 amide bonds. The number of halogens is 1. The molecular weight excluding hydrogens is 308 g/mol. The highest BCUT2D eigenvalue weighted by molar-refractivity contribution is 9.10. The van der Waals surface area contributed by atoms with Crippen molar-refractivity contribution in [2.24, 2.45) is 0 Å². The van der Waals surface area contributed by atoms with Crippen molar-refractivity contribution in [1.29, 1.82) is 0 Å². The van der Waals surface area contributed by atoms with E-state index in [0.29, 0.717) is 6.04 Å². The molecular formula is C14H17BrN2S. The number of aromatic nitrogens is 1. The standard InChI is InChI=1S/C14H17BrN2S/c1-3-14(11-5-4-6-12(15)7-11)17-9-13-8-16-10(2)18-13/h4-8,14,17H,3,9H2,1-2H3. The first-order valence-electron chi connectivity index (χ1n) is 6.09. The smallest absolute Gasteiger partial charge is 0.0897 e. The van der Waals surface area contributed by atoms with Crippen molar-refractivity contribution in [1.82, 2.24) is 10.3 Å². The molecule has 1 heterocycles. The van der Waals surface area contributed by atoms with Crippen molar-refractivity contribution >= 4 is 27.3 Å². The van der Waals surface area contributed by atoms with E-state index in [1.807, 2.05) is 13.1 Å². The van der Waals surface area contributed by atoms with Crippen molar-refractivity contribution in [3.05, 3.63) is 50.4 Å². The first-order valence-corrected chi connectivity index (χ1v) is 7.70. The second-order valence-corrected chi connectivity index (χ2v) is 6.48. The fourth-order valence-electron chi connectivity index (χ4n) is 1.93. The fraction of sp³-hybridized carbons (Fsp3) is 0.357. The third kappa shape index (κ3) is 3.64. The van der Waals surface area contributed by atoms with Crippen LogP contribution in [0.15, 0.2) is 34.9 Å².